The predicted molar refractivity (Wildman–Crippen MR) is 89.7 cm³/mol. The molecule has 0 saturated carbocycles. The van der Waals surface area contributed by atoms with Gasteiger partial charge in [-0.1, -0.05) is 0 Å². The maximum atomic E-state index is 12.3. The number of hydrogen-bond donors (Lipinski definition) is 1. The lowest BCUT2D eigenvalue weighted by molar-refractivity contribution is 0.0686. The SMILES string of the molecule is Cc1cc(NC2CCN(C(=O)c3ccco3)CC2)c(C#N)c(C)n1. The Morgan fingerprint density at radius 2 is 2.17 bits per heavy atom. The number of likely N-dealkylation sites (tertiary alicyclic amines) is 1. The second-order valence-electron chi connectivity index (χ2n) is 6.07. The van der Waals surface area contributed by atoms with Gasteiger partial charge in [-0.25, -0.2) is 0 Å². The number of amides is 1. The van der Waals surface area contributed by atoms with Gasteiger partial charge in [0.25, 0.3) is 5.91 Å². The average molecular weight is 324 g/mol. The number of carbonyl (C=O) groups is 1. The fourth-order valence-corrected chi connectivity index (χ4v) is 3.09. The molecule has 1 saturated heterocycles. The van der Waals surface area contributed by atoms with Crippen LogP contribution in [-0.2, 0) is 0 Å². The highest BCUT2D eigenvalue weighted by Crippen LogP contribution is 2.23. The zero-order valence-corrected chi connectivity index (χ0v) is 13.9. The lowest BCUT2D eigenvalue weighted by Crippen LogP contribution is -2.42. The van der Waals surface area contributed by atoms with E-state index >= 15 is 0 Å². The molecule has 124 valence electrons. The molecule has 0 radical (unpaired) electrons. The normalized spacial score (nSPS) is 15.1. The van der Waals surface area contributed by atoms with Crippen LogP contribution in [0.25, 0.3) is 0 Å². The van der Waals surface area contributed by atoms with Crippen LogP contribution in [0.1, 0.15) is 40.3 Å². The first-order chi connectivity index (χ1) is 11.6. The molecular formula is C18H20N4O2. The standard InChI is InChI=1S/C18H20N4O2/c1-12-10-16(15(11-19)13(2)20-12)21-14-5-7-22(8-6-14)18(23)17-4-3-9-24-17/h3-4,9-10,14H,5-8H2,1-2H3,(H,20,21). The van der Waals surface area contributed by atoms with Crippen molar-refractivity contribution in [3.8, 4) is 6.07 Å². The quantitative estimate of drug-likeness (QED) is 0.938. The fraction of sp³-hybridized carbons (Fsp3) is 0.389. The Morgan fingerprint density at radius 3 is 2.79 bits per heavy atom. The summed E-state index contributed by atoms with van der Waals surface area (Å²) in [7, 11) is 0. The van der Waals surface area contributed by atoms with Crippen molar-refractivity contribution in [3.63, 3.8) is 0 Å². The van der Waals surface area contributed by atoms with Crippen LogP contribution in [-0.4, -0.2) is 34.9 Å². The summed E-state index contributed by atoms with van der Waals surface area (Å²) in [6.07, 6.45) is 3.18. The Hall–Kier alpha value is -2.81. The summed E-state index contributed by atoms with van der Waals surface area (Å²) in [6.45, 7) is 5.11. The number of nitrogens with zero attached hydrogens (tertiary/aromatic N) is 3. The van der Waals surface area contributed by atoms with Crippen molar-refractivity contribution in [2.75, 3.05) is 18.4 Å². The molecule has 0 atom stereocenters. The Morgan fingerprint density at radius 1 is 1.42 bits per heavy atom. The summed E-state index contributed by atoms with van der Waals surface area (Å²) in [4.78, 5) is 18.4. The maximum Gasteiger partial charge on any atom is 0.289 e. The molecule has 1 aliphatic heterocycles. The van der Waals surface area contributed by atoms with E-state index in [4.69, 9.17) is 4.42 Å². The molecule has 6 nitrogen and oxygen atoms in total. The van der Waals surface area contributed by atoms with Gasteiger partial charge in [-0.15, -0.1) is 0 Å². The molecule has 0 aliphatic carbocycles. The van der Waals surface area contributed by atoms with E-state index < -0.39 is 0 Å². The van der Waals surface area contributed by atoms with Crippen LogP contribution in [0.5, 0.6) is 0 Å². The van der Waals surface area contributed by atoms with Crippen molar-refractivity contribution in [2.45, 2.75) is 32.7 Å². The first kappa shape index (κ1) is 16.1. The minimum atomic E-state index is -0.0632. The van der Waals surface area contributed by atoms with E-state index in [0.717, 1.165) is 29.9 Å². The molecule has 24 heavy (non-hydrogen) atoms. The third-order valence-corrected chi connectivity index (χ3v) is 4.31. The van der Waals surface area contributed by atoms with E-state index in [1.807, 2.05) is 24.8 Å². The molecule has 1 fully saturated rings. The molecule has 0 unspecified atom stereocenters. The molecule has 0 aromatic carbocycles. The first-order valence-electron chi connectivity index (χ1n) is 8.06. The number of carbonyl (C=O) groups excluding carboxylic acids is 1. The molecule has 3 rings (SSSR count). The summed E-state index contributed by atoms with van der Waals surface area (Å²) in [5, 5.41) is 12.8. The van der Waals surface area contributed by atoms with Crippen LogP contribution in [0.2, 0.25) is 0 Å². The number of hydrogen-bond acceptors (Lipinski definition) is 5. The van der Waals surface area contributed by atoms with Gasteiger partial charge in [0.05, 0.1) is 23.2 Å². The Kier molecular flexibility index (Phi) is 4.52. The van der Waals surface area contributed by atoms with Crippen molar-refractivity contribution in [1.82, 2.24) is 9.88 Å². The third-order valence-electron chi connectivity index (χ3n) is 4.31. The largest absolute Gasteiger partial charge is 0.459 e. The lowest BCUT2D eigenvalue weighted by atomic mass is 10.0. The molecule has 2 aromatic heterocycles. The van der Waals surface area contributed by atoms with Crippen LogP contribution < -0.4 is 5.32 Å². The van der Waals surface area contributed by atoms with Crippen molar-refractivity contribution in [1.29, 1.82) is 5.26 Å². The van der Waals surface area contributed by atoms with Gasteiger partial charge in [0.1, 0.15) is 6.07 Å². The smallest absolute Gasteiger partial charge is 0.289 e. The highest BCUT2D eigenvalue weighted by atomic mass is 16.3. The molecule has 2 aromatic rings. The van der Waals surface area contributed by atoms with Gasteiger partial charge in [0, 0.05) is 24.8 Å². The van der Waals surface area contributed by atoms with Gasteiger partial charge < -0.3 is 14.6 Å². The van der Waals surface area contributed by atoms with Crippen LogP contribution in [0.4, 0.5) is 5.69 Å². The summed E-state index contributed by atoms with van der Waals surface area (Å²) in [5.74, 6) is 0.320. The number of rotatable bonds is 3. The predicted octanol–water partition coefficient (Wildman–Crippen LogP) is 2.88. The number of nitriles is 1. The molecule has 1 N–H and O–H groups in total. The van der Waals surface area contributed by atoms with Gasteiger partial charge in [0.15, 0.2) is 5.76 Å². The zero-order chi connectivity index (χ0) is 17.1. The second kappa shape index (κ2) is 6.75. The van der Waals surface area contributed by atoms with Gasteiger partial charge in [-0.2, -0.15) is 5.26 Å². The second-order valence-corrected chi connectivity index (χ2v) is 6.07. The van der Waals surface area contributed by atoms with E-state index in [1.54, 1.807) is 12.1 Å². The molecule has 3 heterocycles. The van der Waals surface area contributed by atoms with E-state index in [1.165, 1.54) is 6.26 Å². The third kappa shape index (κ3) is 3.25. The topological polar surface area (TPSA) is 82.2 Å². The van der Waals surface area contributed by atoms with Crippen molar-refractivity contribution < 1.29 is 9.21 Å². The van der Waals surface area contributed by atoms with Crippen LogP contribution in [0.15, 0.2) is 28.9 Å². The average Bonchev–Trinajstić information content (AvgIpc) is 3.09. The van der Waals surface area contributed by atoms with E-state index in [2.05, 4.69) is 16.4 Å². The van der Waals surface area contributed by atoms with E-state index in [-0.39, 0.29) is 11.9 Å². The van der Waals surface area contributed by atoms with Gasteiger partial charge >= 0.3 is 0 Å². The molecule has 0 spiro atoms. The molecular weight excluding hydrogens is 304 g/mol. The van der Waals surface area contributed by atoms with E-state index in [9.17, 15) is 10.1 Å². The molecule has 6 heteroatoms. The zero-order valence-electron chi connectivity index (χ0n) is 13.9. The maximum absolute atomic E-state index is 12.3. The van der Waals surface area contributed by atoms with E-state index in [0.29, 0.717) is 24.4 Å². The summed E-state index contributed by atoms with van der Waals surface area (Å²) in [6, 6.07) is 7.78. The lowest BCUT2D eigenvalue weighted by Gasteiger charge is -2.32. The monoisotopic (exact) mass is 324 g/mol. The van der Waals surface area contributed by atoms with Gasteiger partial charge in [-0.05, 0) is 44.9 Å². The summed E-state index contributed by atoms with van der Waals surface area (Å²) >= 11 is 0. The molecule has 1 aliphatic rings. The highest BCUT2D eigenvalue weighted by Gasteiger charge is 2.25. The van der Waals surface area contributed by atoms with Crippen LogP contribution in [0, 0.1) is 25.2 Å². The highest BCUT2D eigenvalue weighted by molar-refractivity contribution is 5.91. The minimum Gasteiger partial charge on any atom is -0.459 e. The van der Waals surface area contributed by atoms with Gasteiger partial charge in [-0.3, -0.25) is 9.78 Å². The van der Waals surface area contributed by atoms with Gasteiger partial charge in [0.2, 0.25) is 0 Å². The number of piperidine rings is 1. The summed E-state index contributed by atoms with van der Waals surface area (Å²) in [5.41, 5.74) is 3.05. The van der Waals surface area contributed by atoms with Crippen molar-refractivity contribution in [2.24, 2.45) is 0 Å². The number of pyridine rings is 1. The molecule has 0 bridgehead atoms. The first-order valence-corrected chi connectivity index (χ1v) is 8.06. The van der Waals surface area contributed by atoms with Crippen molar-refractivity contribution >= 4 is 11.6 Å². The summed E-state index contributed by atoms with van der Waals surface area (Å²) < 4.78 is 5.18. The Balaban J connectivity index is 1.64. The van der Waals surface area contributed by atoms with Crippen LogP contribution in [0.3, 0.4) is 0 Å². The number of furan rings is 1. The minimum absolute atomic E-state index is 0.0632. The number of aromatic nitrogens is 1. The number of anilines is 1. The Labute approximate surface area is 141 Å². The van der Waals surface area contributed by atoms with Crippen LogP contribution >= 0.6 is 0 Å². The molecule has 1 amide bonds. The number of nitrogens with one attached hydrogen (secondary N) is 1. The van der Waals surface area contributed by atoms with Crippen molar-refractivity contribution in [3.05, 3.63) is 47.2 Å². The Bertz CT molecular complexity index is 769. The number of aryl methyl sites for hydroxylation is 2. The fourth-order valence-electron chi connectivity index (χ4n) is 3.09.